The Morgan fingerprint density at radius 1 is 1.32 bits per heavy atom. The second-order valence-electron chi connectivity index (χ2n) is 4.36. The highest BCUT2D eigenvalue weighted by atomic mass is 79.9. The van der Waals surface area contributed by atoms with E-state index in [1.165, 1.54) is 6.07 Å². The molecule has 0 atom stereocenters. The first kappa shape index (κ1) is 14.5. The highest BCUT2D eigenvalue weighted by molar-refractivity contribution is 9.10. The van der Waals surface area contributed by atoms with Crippen LogP contribution in [0.2, 0.25) is 0 Å². The first-order valence-electron chi connectivity index (χ1n) is 5.72. The molecule has 1 aliphatic carbocycles. The summed E-state index contributed by atoms with van der Waals surface area (Å²) in [5.74, 6) is -0.249. The zero-order chi connectivity index (χ0) is 14.0. The molecule has 0 heterocycles. The molecule has 3 nitrogen and oxygen atoms in total. The van der Waals surface area contributed by atoms with Crippen LogP contribution >= 0.6 is 15.9 Å². The number of hydrogen-bond acceptors (Lipinski definition) is 3. The van der Waals surface area contributed by atoms with Crippen LogP contribution in [0.1, 0.15) is 12.8 Å². The van der Waals surface area contributed by atoms with Crippen LogP contribution in [-0.4, -0.2) is 25.6 Å². The lowest BCUT2D eigenvalue weighted by atomic mass is 9.89. The van der Waals surface area contributed by atoms with E-state index in [1.54, 1.807) is 19.2 Å². The van der Waals surface area contributed by atoms with E-state index < -0.39 is 6.36 Å². The Bertz CT molecular complexity index is 447. The summed E-state index contributed by atoms with van der Waals surface area (Å²) >= 11 is 3.07. The molecule has 0 spiro atoms. The molecule has 1 aromatic carbocycles. The molecule has 0 bridgehead atoms. The van der Waals surface area contributed by atoms with Gasteiger partial charge in [-0.1, -0.05) is 0 Å². The van der Waals surface area contributed by atoms with E-state index in [1.807, 2.05) is 0 Å². The Morgan fingerprint density at radius 2 is 2.00 bits per heavy atom. The van der Waals surface area contributed by atoms with E-state index >= 15 is 0 Å². The SMILES string of the molecule is COC1CC(Nc2ccc(OC(F)(F)F)c(Br)c2)C1. The van der Waals surface area contributed by atoms with Crippen molar-refractivity contribution in [2.24, 2.45) is 0 Å². The lowest BCUT2D eigenvalue weighted by molar-refractivity contribution is -0.274. The number of methoxy groups -OCH3 is 1. The third kappa shape index (κ3) is 4.01. The van der Waals surface area contributed by atoms with Crippen molar-refractivity contribution >= 4 is 21.6 Å². The van der Waals surface area contributed by atoms with E-state index in [-0.39, 0.29) is 16.3 Å². The molecule has 0 radical (unpaired) electrons. The largest absolute Gasteiger partial charge is 0.573 e. The van der Waals surface area contributed by atoms with Crippen molar-refractivity contribution in [2.75, 3.05) is 12.4 Å². The van der Waals surface area contributed by atoms with Gasteiger partial charge in [-0.3, -0.25) is 0 Å². The Labute approximate surface area is 117 Å². The predicted molar refractivity (Wildman–Crippen MR) is 68.3 cm³/mol. The van der Waals surface area contributed by atoms with Crippen molar-refractivity contribution in [1.82, 2.24) is 0 Å². The summed E-state index contributed by atoms with van der Waals surface area (Å²) in [5.41, 5.74) is 0.751. The number of anilines is 1. The molecule has 1 saturated carbocycles. The zero-order valence-corrected chi connectivity index (χ0v) is 11.7. The normalized spacial score (nSPS) is 22.8. The number of halogens is 4. The van der Waals surface area contributed by atoms with E-state index in [0.29, 0.717) is 6.04 Å². The molecular formula is C12H13BrF3NO2. The van der Waals surface area contributed by atoms with Crippen LogP contribution in [0.15, 0.2) is 22.7 Å². The minimum atomic E-state index is -4.68. The molecule has 0 amide bonds. The minimum absolute atomic E-state index is 0.249. The van der Waals surface area contributed by atoms with Crippen LogP contribution in [0.5, 0.6) is 5.75 Å². The fourth-order valence-electron chi connectivity index (χ4n) is 1.91. The maximum absolute atomic E-state index is 12.1. The molecular weight excluding hydrogens is 327 g/mol. The lowest BCUT2D eigenvalue weighted by Gasteiger charge is -2.35. The van der Waals surface area contributed by atoms with Crippen LogP contribution in [0.25, 0.3) is 0 Å². The van der Waals surface area contributed by atoms with Crippen LogP contribution in [0, 0.1) is 0 Å². The molecule has 106 valence electrons. The van der Waals surface area contributed by atoms with Crippen molar-refractivity contribution in [1.29, 1.82) is 0 Å². The van der Waals surface area contributed by atoms with Gasteiger partial charge in [-0.25, -0.2) is 0 Å². The van der Waals surface area contributed by atoms with E-state index in [2.05, 4.69) is 26.0 Å². The fourth-order valence-corrected chi connectivity index (χ4v) is 2.37. The molecule has 0 aliphatic heterocycles. The molecule has 7 heteroatoms. The van der Waals surface area contributed by atoms with Crippen LogP contribution < -0.4 is 10.1 Å². The average Bonchev–Trinajstić information content (AvgIpc) is 2.25. The molecule has 1 aromatic rings. The quantitative estimate of drug-likeness (QED) is 0.901. The first-order chi connectivity index (χ1) is 8.87. The van der Waals surface area contributed by atoms with Crippen molar-refractivity contribution in [3.63, 3.8) is 0 Å². The number of hydrogen-bond donors (Lipinski definition) is 1. The van der Waals surface area contributed by atoms with Gasteiger partial charge in [0.25, 0.3) is 0 Å². The summed E-state index contributed by atoms with van der Waals surface area (Å²) in [6, 6.07) is 4.71. The third-order valence-corrected chi connectivity index (χ3v) is 3.58. The predicted octanol–water partition coefficient (Wildman–Crippen LogP) is 3.94. The van der Waals surface area contributed by atoms with Crippen LogP contribution in [-0.2, 0) is 4.74 Å². The zero-order valence-electron chi connectivity index (χ0n) is 10.1. The number of rotatable bonds is 4. The maximum atomic E-state index is 12.1. The number of benzene rings is 1. The molecule has 2 rings (SSSR count). The monoisotopic (exact) mass is 339 g/mol. The molecule has 19 heavy (non-hydrogen) atoms. The van der Waals surface area contributed by atoms with Gasteiger partial charge in [0, 0.05) is 18.8 Å². The summed E-state index contributed by atoms with van der Waals surface area (Å²) in [6.07, 6.45) is -2.62. The van der Waals surface area contributed by atoms with E-state index in [0.717, 1.165) is 18.5 Å². The van der Waals surface area contributed by atoms with Gasteiger partial charge in [0.1, 0.15) is 5.75 Å². The lowest BCUT2D eigenvalue weighted by Crippen LogP contribution is -2.40. The van der Waals surface area contributed by atoms with Gasteiger partial charge in [-0.2, -0.15) is 0 Å². The van der Waals surface area contributed by atoms with Gasteiger partial charge in [-0.15, -0.1) is 13.2 Å². The summed E-state index contributed by atoms with van der Waals surface area (Å²) < 4.78 is 45.6. The molecule has 0 unspecified atom stereocenters. The number of ether oxygens (including phenoxy) is 2. The fraction of sp³-hybridized carbons (Fsp3) is 0.500. The Kier molecular flexibility index (Phi) is 4.25. The van der Waals surface area contributed by atoms with Crippen LogP contribution in [0.4, 0.5) is 18.9 Å². The molecule has 0 aromatic heterocycles. The van der Waals surface area contributed by atoms with Crippen molar-refractivity contribution in [3.05, 3.63) is 22.7 Å². The van der Waals surface area contributed by atoms with Gasteiger partial charge in [0.05, 0.1) is 10.6 Å². The van der Waals surface area contributed by atoms with Crippen molar-refractivity contribution in [3.8, 4) is 5.75 Å². The van der Waals surface area contributed by atoms with Gasteiger partial charge in [-0.05, 0) is 47.0 Å². The van der Waals surface area contributed by atoms with Gasteiger partial charge in [0.15, 0.2) is 0 Å². The second kappa shape index (κ2) is 5.58. The van der Waals surface area contributed by atoms with Crippen LogP contribution in [0.3, 0.4) is 0 Å². The third-order valence-electron chi connectivity index (χ3n) is 2.96. The Balaban J connectivity index is 1.95. The highest BCUT2D eigenvalue weighted by Gasteiger charge is 2.32. The second-order valence-corrected chi connectivity index (χ2v) is 5.22. The Hall–Kier alpha value is -0.950. The van der Waals surface area contributed by atoms with Gasteiger partial charge in [0.2, 0.25) is 0 Å². The summed E-state index contributed by atoms with van der Waals surface area (Å²) in [6.45, 7) is 0. The van der Waals surface area contributed by atoms with Crippen molar-refractivity contribution < 1.29 is 22.6 Å². The Morgan fingerprint density at radius 3 is 2.53 bits per heavy atom. The van der Waals surface area contributed by atoms with Gasteiger partial charge < -0.3 is 14.8 Å². The first-order valence-corrected chi connectivity index (χ1v) is 6.51. The van der Waals surface area contributed by atoms with Crippen molar-refractivity contribution in [2.45, 2.75) is 31.3 Å². The average molecular weight is 340 g/mol. The highest BCUT2D eigenvalue weighted by Crippen LogP contribution is 2.34. The number of nitrogens with one attached hydrogen (secondary N) is 1. The molecule has 1 N–H and O–H groups in total. The minimum Gasteiger partial charge on any atom is -0.405 e. The summed E-state index contributed by atoms with van der Waals surface area (Å²) in [7, 11) is 1.67. The number of alkyl halides is 3. The maximum Gasteiger partial charge on any atom is 0.573 e. The standard InChI is InChI=1S/C12H13BrF3NO2/c1-18-9-4-8(5-9)17-7-2-3-11(10(13)6-7)19-12(14,15)16/h2-3,6,8-9,17H,4-5H2,1H3. The van der Waals surface area contributed by atoms with Gasteiger partial charge >= 0.3 is 6.36 Å². The smallest absolute Gasteiger partial charge is 0.405 e. The van der Waals surface area contributed by atoms with E-state index in [9.17, 15) is 13.2 Å². The van der Waals surface area contributed by atoms with E-state index in [4.69, 9.17) is 4.74 Å². The molecule has 0 saturated heterocycles. The molecule has 1 aliphatic rings. The summed E-state index contributed by atoms with van der Waals surface area (Å²) in [4.78, 5) is 0. The molecule has 1 fully saturated rings. The summed E-state index contributed by atoms with van der Waals surface area (Å²) in [5, 5.41) is 3.23. The topological polar surface area (TPSA) is 30.5 Å².